The molecule has 0 aliphatic heterocycles. The molecular weight excluding hydrogens is 188 g/mol. The fraction of sp³-hybridized carbons (Fsp3) is 0.222. The van der Waals surface area contributed by atoms with Gasteiger partial charge in [-0.2, -0.15) is 0 Å². The molecule has 5 nitrogen and oxygen atoms in total. The fourth-order valence-corrected chi connectivity index (χ4v) is 0.989. The minimum Gasteiger partial charge on any atom is -0.493 e. The van der Waals surface area contributed by atoms with Gasteiger partial charge in [-0.05, 0) is 18.2 Å². The Labute approximate surface area is 80.5 Å². The van der Waals surface area contributed by atoms with Crippen molar-refractivity contribution in [2.75, 3.05) is 13.9 Å². The summed E-state index contributed by atoms with van der Waals surface area (Å²) in [4.78, 5) is 10.6. The molecule has 0 spiro atoms. The summed E-state index contributed by atoms with van der Waals surface area (Å²) in [5.74, 6) is -0.460. The number of aliphatic hydroxyl groups excluding tert-OH is 1. The SMILES string of the molecule is COc1cc(C(=O)O)ccc1OCO. The van der Waals surface area contributed by atoms with Gasteiger partial charge in [-0.1, -0.05) is 0 Å². The fourth-order valence-electron chi connectivity index (χ4n) is 0.989. The maximum absolute atomic E-state index is 10.6. The zero-order valence-corrected chi connectivity index (χ0v) is 7.56. The van der Waals surface area contributed by atoms with Crippen molar-refractivity contribution in [2.24, 2.45) is 0 Å². The van der Waals surface area contributed by atoms with Crippen molar-refractivity contribution in [3.05, 3.63) is 23.8 Å². The largest absolute Gasteiger partial charge is 0.493 e. The van der Waals surface area contributed by atoms with Gasteiger partial charge in [0.1, 0.15) is 0 Å². The summed E-state index contributed by atoms with van der Waals surface area (Å²) in [7, 11) is 1.39. The Balaban J connectivity index is 3.04. The number of benzene rings is 1. The average molecular weight is 198 g/mol. The molecule has 0 unspecified atom stereocenters. The number of ether oxygens (including phenoxy) is 2. The van der Waals surface area contributed by atoms with Gasteiger partial charge in [0.15, 0.2) is 18.3 Å². The second-order valence-corrected chi connectivity index (χ2v) is 2.44. The van der Waals surface area contributed by atoms with E-state index in [1.165, 1.54) is 25.3 Å². The van der Waals surface area contributed by atoms with Crippen molar-refractivity contribution >= 4 is 5.97 Å². The summed E-state index contributed by atoms with van der Waals surface area (Å²) in [5, 5.41) is 17.2. The summed E-state index contributed by atoms with van der Waals surface area (Å²) in [6.45, 7) is -0.483. The number of hydrogen-bond acceptors (Lipinski definition) is 4. The van der Waals surface area contributed by atoms with Crippen LogP contribution in [0, 0.1) is 0 Å². The lowest BCUT2D eigenvalue weighted by molar-refractivity contribution is 0.0696. The molecule has 14 heavy (non-hydrogen) atoms. The van der Waals surface area contributed by atoms with E-state index in [0.29, 0.717) is 5.75 Å². The third-order valence-corrected chi connectivity index (χ3v) is 1.63. The van der Waals surface area contributed by atoms with Crippen LogP contribution < -0.4 is 9.47 Å². The number of carboxylic acids is 1. The second kappa shape index (κ2) is 4.48. The molecule has 0 saturated carbocycles. The molecule has 0 heterocycles. The average Bonchev–Trinajstić information content (AvgIpc) is 2.18. The minimum atomic E-state index is -1.04. The molecule has 5 heteroatoms. The summed E-state index contributed by atoms with van der Waals surface area (Å²) in [5.41, 5.74) is 0.104. The molecule has 0 atom stereocenters. The maximum Gasteiger partial charge on any atom is 0.335 e. The molecule has 0 saturated heterocycles. The first-order valence-corrected chi connectivity index (χ1v) is 3.84. The first kappa shape index (κ1) is 10.3. The van der Waals surface area contributed by atoms with Crippen LogP contribution >= 0.6 is 0 Å². The van der Waals surface area contributed by atoms with Crippen LogP contribution in [-0.4, -0.2) is 30.1 Å². The van der Waals surface area contributed by atoms with E-state index in [4.69, 9.17) is 19.7 Å². The number of carbonyl (C=O) groups is 1. The summed E-state index contributed by atoms with van der Waals surface area (Å²) < 4.78 is 9.69. The van der Waals surface area contributed by atoms with Gasteiger partial charge >= 0.3 is 5.97 Å². The van der Waals surface area contributed by atoms with Gasteiger partial charge in [-0.15, -0.1) is 0 Å². The predicted molar refractivity (Wildman–Crippen MR) is 47.7 cm³/mol. The Bertz CT molecular complexity index is 334. The Hall–Kier alpha value is -1.75. The van der Waals surface area contributed by atoms with E-state index in [0.717, 1.165) is 0 Å². The molecule has 0 aliphatic rings. The van der Waals surface area contributed by atoms with Crippen LogP contribution in [0.5, 0.6) is 11.5 Å². The highest BCUT2D eigenvalue weighted by Gasteiger charge is 2.09. The lowest BCUT2D eigenvalue weighted by atomic mass is 10.2. The van der Waals surface area contributed by atoms with Crippen molar-refractivity contribution in [3.8, 4) is 11.5 Å². The molecule has 0 aliphatic carbocycles. The van der Waals surface area contributed by atoms with E-state index in [1.54, 1.807) is 0 Å². The van der Waals surface area contributed by atoms with E-state index in [9.17, 15) is 4.79 Å². The first-order chi connectivity index (χ1) is 6.69. The van der Waals surface area contributed by atoms with Crippen LogP contribution in [-0.2, 0) is 0 Å². The lowest BCUT2D eigenvalue weighted by Crippen LogP contribution is -2.01. The molecule has 0 bridgehead atoms. The van der Waals surface area contributed by atoms with Crippen molar-refractivity contribution in [2.45, 2.75) is 0 Å². The second-order valence-electron chi connectivity index (χ2n) is 2.44. The molecule has 1 aromatic carbocycles. The normalized spacial score (nSPS) is 9.57. The number of methoxy groups -OCH3 is 1. The maximum atomic E-state index is 10.6. The molecule has 0 aromatic heterocycles. The minimum absolute atomic E-state index is 0.104. The van der Waals surface area contributed by atoms with Crippen LogP contribution in [0.3, 0.4) is 0 Å². The monoisotopic (exact) mass is 198 g/mol. The smallest absolute Gasteiger partial charge is 0.335 e. The van der Waals surface area contributed by atoms with Crippen molar-refractivity contribution < 1.29 is 24.5 Å². The summed E-state index contributed by atoms with van der Waals surface area (Å²) in [6.07, 6.45) is 0. The van der Waals surface area contributed by atoms with E-state index < -0.39 is 12.8 Å². The van der Waals surface area contributed by atoms with Crippen LogP contribution in [0.15, 0.2) is 18.2 Å². The Kier molecular flexibility index (Phi) is 3.30. The standard InChI is InChI=1S/C9H10O5/c1-13-8-4-6(9(11)12)2-3-7(8)14-5-10/h2-4,10H,5H2,1H3,(H,11,12). The van der Waals surface area contributed by atoms with Gasteiger partial charge in [0.2, 0.25) is 0 Å². The number of hydrogen-bond donors (Lipinski definition) is 2. The van der Waals surface area contributed by atoms with Gasteiger partial charge in [0, 0.05) is 0 Å². The summed E-state index contributed by atoms with van der Waals surface area (Å²) in [6, 6.07) is 4.13. The van der Waals surface area contributed by atoms with E-state index in [1.807, 2.05) is 0 Å². The molecule has 0 radical (unpaired) electrons. The lowest BCUT2D eigenvalue weighted by Gasteiger charge is -2.08. The highest BCUT2D eigenvalue weighted by Crippen LogP contribution is 2.27. The van der Waals surface area contributed by atoms with E-state index >= 15 is 0 Å². The number of aromatic carboxylic acids is 1. The Morgan fingerprint density at radius 2 is 2.14 bits per heavy atom. The predicted octanol–water partition coefficient (Wildman–Crippen LogP) is 0.722. The molecule has 1 aromatic rings. The number of carboxylic acid groups (broad SMARTS) is 1. The van der Waals surface area contributed by atoms with Gasteiger partial charge in [0.25, 0.3) is 0 Å². The van der Waals surface area contributed by atoms with Crippen LogP contribution in [0.2, 0.25) is 0 Å². The Morgan fingerprint density at radius 3 is 2.64 bits per heavy atom. The molecule has 76 valence electrons. The van der Waals surface area contributed by atoms with Gasteiger partial charge in [-0.25, -0.2) is 4.79 Å². The van der Waals surface area contributed by atoms with Crippen molar-refractivity contribution in [1.82, 2.24) is 0 Å². The zero-order chi connectivity index (χ0) is 10.6. The quantitative estimate of drug-likeness (QED) is 0.697. The number of aliphatic hydroxyl groups is 1. The highest BCUT2D eigenvalue weighted by molar-refractivity contribution is 5.88. The summed E-state index contributed by atoms with van der Waals surface area (Å²) >= 11 is 0. The van der Waals surface area contributed by atoms with E-state index in [-0.39, 0.29) is 11.3 Å². The number of rotatable bonds is 4. The molecule has 0 fully saturated rings. The van der Waals surface area contributed by atoms with Crippen molar-refractivity contribution in [3.63, 3.8) is 0 Å². The van der Waals surface area contributed by atoms with Crippen molar-refractivity contribution in [1.29, 1.82) is 0 Å². The third-order valence-electron chi connectivity index (χ3n) is 1.63. The van der Waals surface area contributed by atoms with Gasteiger partial charge in [-0.3, -0.25) is 0 Å². The molecule has 2 N–H and O–H groups in total. The van der Waals surface area contributed by atoms with Gasteiger partial charge in [0.05, 0.1) is 12.7 Å². The molecule has 1 rings (SSSR count). The third kappa shape index (κ3) is 2.14. The van der Waals surface area contributed by atoms with Crippen LogP contribution in [0.1, 0.15) is 10.4 Å². The topological polar surface area (TPSA) is 76.0 Å². The molecular formula is C9H10O5. The molecule has 0 amide bonds. The van der Waals surface area contributed by atoms with E-state index in [2.05, 4.69) is 0 Å². The highest BCUT2D eigenvalue weighted by atomic mass is 16.6. The first-order valence-electron chi connectivity index (χ1n) is 3.84. The Morgan fingerprint density at radius 1 is 1.43 bits per heavy atom. The van der Waals surface area contributed by atoms with Crippen LogP contribution in [0.4, 0.5) is 0 Å². The zero-order valence-electron chi connectivity index (χ0n) is 7.56. The van der Waals surface area contributed by atoms with Gasteiger partial charge < -0.3 is 19.7 Å². The van der Waals surface area contributed by atoms with Crippen LogP contribution in [0.25, 0.3) is 0 Å².